The van der Waals surface area contributed by atoms with Crippen LogP contribution in [0.25, 0.3) is 0 Å². The Balaban J connectivity index is 2.11. The lowest BCUT2D eigenvalue weighted by Crippen LogP contribution is -2.17. The Morgan fingerprint density at radius 3 is 3.00 bits per heavy atom. The van der Waals surface area contributed by atoms with E-state index in [1.54, 1.807) is 0 Å². The number of aromatic hydroxyl groups is 1. The summed E-state index contributed by atoms with van der Waals surface area (Å²) < 4.78 is 0. The zero-order valence-electron chi connectivity index (χ0n) is 12.0. The molecule has 0 fully saturated rings. The number of benzene rings is 1. The molecule has 23 heavy (non-hydrogen) atoms. The van der Waals surface area contributed by atoms with Gasteiger partial charge < -0.3 is 10.8 Å². The number of phenols is 1. The van der Waals surface area contributed by atoms with Gasteiger partial charge >= 0.3 is 5.69 Å². The van der Waals surface area contributed by atoms with E-state index in [1.807, 2.05) is 6.92 Å². The first-order valence-electron chi connectivity index (χ1n) is 6.48. The number of nitrogens with one attached hydrogen (secondary N) is 1. The van der Waals surface area contributed by atoms with E-state index in [0.29, 0.717) is 27.7 Å². The van der Waals surface area contributed by atoms with E-state index in [-0.39, 0.29) is 0 Å². The van der Waals surface area contributed by atoms with Crippen molar-refractivity contribution in [1.29, 1.82) is 0 Å². The number of aromatic nitrogens is 1. The molecule has 0 unspecified atom stereocenters. The van der Waals surface area contributed by atoms with Gasteiger partial charge in [-0.3, -0.25) is 14.9 Å². The van der Waals surface area contributed by atoms with Gasteiger partial charge in [0.2, 0.25) is 0 Å². The van der Waals surface area contributed by atoms with Crippen LogP contribution in [0.3, 0.4) is 0 Å². The maximum absolute atomic E-state index is 12.0. The van der Waals surface area contributed by atoms with Crippen molar-refractivity contribution in [3.8, 4) is 5.75 Å². The maximum atomic E-state index is 12.0. The van der Waals surface area contributed by atoms with Crippen molar-refractivity contribution in [2.45, 2.75) is 13.3 Å². The highest BCUT2D eigenvalue weighted by Crippen LogP contribution is 2.25. The summed E-state index contributed by atoms with van der Waals surface area (Å²) in [5.74, 6) is -0.899. The summed E-state index contributed by atoms with van der Waals surface area (Å²) >= 11 is 1.06. The molecule has 0 aliphatic carbocycles. The number of nitrogens with two attached hydrogens (primary N) is 1. The highest BCUT2D eigenvalue weighted by molar-refractivity contribution is 7.17. The molecular weight excluding hydrogens is 322 g/mol. The molecule has 120 valence electrons. The van der Waals surface area contributed by atoms with Crippen LogP contribution in [0, 0.1) is 10.1 Å². The lowest BCUT2D eigenvalue weighted by atomic mass is 10.2. The van der Waals surface area contributed by atoms with Gasteiger partial charge in [-0.2, -0.15) is 5.10 Å². The molecule has 0 radical (unpaired) electrons. The number of nitro groups is 1. The number of nitrogens with zero attached hydrogens (tertiary/aromatic N) is 3. The van der Waals surface area contributed by atoms with Crippen molar-refractivity contribution in [2.75, 3.05) is 5.73 Å². The molecule has 2 rings (SSSR count). The number of carbonyl (C=O) groups excluding carboxylic acids is 1. The Morgan fingerprint density at radius 1 is 1.61 bits per heavy atom. The molecule has 4 N–H and O–H groups in total. The predicted octanol–water partition coefficient (Wildman–Crippen LogP) is 1.67. The van der Waals surface area contributed by atoms with Crippen LogP contribution < -0.4 is 11.2 Å². The van der Waals surface area contributed by atoms with Gasteiger partial charge in [0, 0.05) is 11.6 Å². The molecule has 0 saturated heterocycles. The lowest BCUT2D eigenvalue weighted by Gasteiger charge is -1.99. The summed E-state index contributed by atoms with van der Waals surface area (Å²) in [6, 6.07) is 3.76. The first kappa shape index (κ1) is 16.4. The molecule has 1 heterocycles. The summed E-state index contributed by atoms with van der Waals surface area (Å²) in [4.78, 5) is 26.4. The van der Waals surface area contributed by atoms with Gasteiger partial charge in [0.15, 0.2) is 10.9 Å². The Morgan fingerprint density at radius 2 is 2.35 bits per heavy atom. The van der Waals surface area contributed by atoms with Gasteiger partial charge in [0.05, 0.1) is 16.8 Å². The number of rotatable bonds is 5. The van der Waals surface area contributed by atoms with E-state index >= 15 is 0 Å². The van der Waals surface area contributed by atoms with Crippen LogP contribution in [0.5, 0.6) is 5.75 Å². The summed E-state index contributed by atoms with van der Waals surface area (Å²) in [6.45, 7) is 1.85. The molecule has 2 aromatic rings. The Hall–Kier alpha value is -3.01. The van der Waals surface area contributed by atoms with Crippen LogP contribution in [0.2, 0.25) is 0 Å². The minimum Gasteiger partial charge on any atom is -0.502 e. The fourth-order valence-electron chi connectivity index (χ4n) is 1.77. The number of amides is 1. The summed E-state index contributed by atoms with van der Waals surface area (Å²) in [5.41, 5.74) is 8.38. The zero-order chi connectivity index (χ0) is 17.0. The Bertz CT molecular complexity index is 787. The highest BCUT2D eigenvalue weighted by Gasteiger charge is 2.15. The smallest absolute Gasteiger partial charge is 0.311 e. The number of hydrazone groups is 1. The third kappa shape index (κ3) is 3.80. The van der Waals surface area contributed by atoms with E-state index in [2.05, 4.69) is 15.5 Å². The Labute approximate surface area is 134 Å². The predicted molar refractivity (Wildman–Crippen MR) is 85.7 cm³/mol. The molecule has 0 aliphatic rings. The monoisotopic (exact) mass is 335 g/mol. The number of hydrogen-bond donors (Lipinski definition) is 3. The number of nitro benzene ring substituents is 1. The van der Waals surface area contributed by atoms with Gasteiger partial charge in [0.1, 0.15) is 4.88 Å². The largest absolute Gasteiger partial charge is 0.502 e. The number of phenolic OH excluding ortho intramolecular Hbond substituents is 1. The maximum Gasteiger partial charge on any atom is 0.311 e. The molecule has 0 aliphatic heterocycles. The third-order valence-electron chi connectivity index (χ3n) is 2.83. The number of hydrogen-bond acceptors (Lipinski definition) is 8. The van der Waals surface area contributed by atoms with Crippen molar-refractivity contribution in [2.24, 2.45) is 5.10 Å². The van der Waals surface area contributed by atoms with E-state index in [4.69, 9.17) is 5.73 Å². The molecule has 0 atom stereocenters. The normalized spacial score (nSPS) is 10.8. The van der Waals surface area contributed by atoms with Gasteiger partial charge in [-0.1, -0.05) is 18.3 Å². The van der Waals surface area contributed by atoms with Gasteiger partial charge in [0.25, 0.3) is 5.91 Å². The fourth-order valence-corrected chi connectivity index (χ4v) is 2.58. The van der Waals surface area contributed by atoms with Crippen LogP contribution in [0.15, 0.2) is 23.3 Å². The van der Waals surface area contributed by atoms with Crippen LogP contribution in [0.1, 0.15) is 27.9 Å². The zero-order valence-corrected chi connectivity index (χ0v) is 12.8. The number of anilines is 1. The van der Waals surface area contributed by atoms with E-state index in [0.717, 1.165) is 17.4 Å². The second-order valence-electron chi connectivity index (χ2n) is 4.39. The molecule has 0 saturated carbocycles. The van der Waals surface area contributed by atoms with Crippen LogP contribution in [-0.2, 0) is 6.42 Å². The van der Waals surface area contributed by atoms with Gasteiger partial charge in [-0.05, 0) is 18.6 Å². The van der Waals surface area contributed by atoms with E-state index < -0.39 is 22.3 Å². The number of aryl methyl sites for hydroxylation is 1. The second-order valence-corrected chi connectivity index (χ2v) is 5.42. The summed E-state index contributed by atoms with van der Waals surface area (Å²) in [7, 11) is 0. The fraction of sp³-hybridized carbons (Fsp3) is 0.154. The minimum atomic E-state index is -0.709. The van der Waals surface area contributed by atoms with Gasteiger partial charge in [-0.15, -0.1) is 0 Å². The SMILES string of the molecule is CCc1nc(N)sc1C(=O)N/N=C/c1ccc(O)c([N+](=O)[O-])c1. The third-order valence-corrected chi connectivity index (χ3v) is 3.76. The average Bonchev–Trinajstić information content (AvgIpc) is 2.89. The van der Waals surface area contributed by atoms with E-state index in [9.17, 15) is 20.0 Å². The molecule has 9 nitrogen and oxygen atoms in total. The van der Waals surface area contributed by atoms with Crippen molar-refractivity contribution < 1.29 is 14.8 Å². The Kier molecular flexibility index (Phi) is 4.86. The molecule has 1 aromatic heterocycles. The molecule has 10 heteroatoms. The molecule has 1 aromatic carbocycles. The average molecular weight is 335 g/mol. The standard InChI is InChI=1S/C13H13N5O4S/c1-2-8-11(23-13(14)16-8)12(20)17-15-6-7-3-4-10(19)9(5-7)18(21)22/h3-6,19H,2H2,1H3,(H2,14,16)(H,17,20)/b15-6+. The molecule has 0 bridgehead atoms. The topological polar surface area (TPSA) is 144 Å². The van der Waals surface area contributed by atoms with Crippen molar-refractivity contribution in [1.82, 2.24) is 10.4 Å². The van der Waals surface area contributed by atoms with Crippen molar-refractivity contribution in [3.05, 3.63) is 44.4 Å². The van der Waals surface area contributed by atoms with Crippen molar-refractivity contribution >= 4 is 34.3 Å². The quantitative estimate of drug-likeness (QED) is 0.430. The first-order valence-corrected chi connectivity index (χ1v) is 7.30. The van der Waals surface area contributed by atoms with Crippen molar-refractivity contribution in [3.63, 3.8) is 0 Å². The lowest BCUT2D eigenvalue weighted by molar-refractivity contribution is -0.385. The molecule has 0 spiro atoms. The number of thiazole rings is 1. The first-order chi connectivity index (χ1) is 10.9. The molecular formula is C13H13N5O4S. The van der Waals surface area contributed by atoms with E-state index in [1.165, 1.54) is 18.3 Å². The highest BCUT2D eigenvalue weighted by atomic mass is 32.1. The summed E-state index contributed by atoms with van der Waals surface area (Å²) in [5, 5.41) is 24.1. The minimum absolute atomic E-state index is 0.296. The van der Waals surface area contributed by atoms with Crippen LogP contribution in [-0.4, -0.2) is 27.1 Å². The number of nitrogen functional groups attached to an aromatic ring is 1. The summed E-state index contributed by atoms with van der Waals surface area (Å²) in [6.07, 6.45) is 1.80. The molecule has 1 amide bonds. The van der Waals surface area contributed by atoms with Crippen LogP contribution in [0.4, 0.5) is 10.8 Å². The van der Waals surface area contributed by atoms with Crippen LogP contribution >= 0.6 is 11.3 Å². The number of carbonyl (C=O) groups is 1. The van der Waals surface area contributed by atoms with Gasteiger partial charge in [-0.25, -0.2) is 10.4 Å². The second kappa shape index (κ2) is 6.83.